The molecule has 154 valence electrons. The second-order valence-corrected chi connectivity index (χ2v) is 7.86. The molecule has 1 aliphatic carbocycles. The number of nitrogens with zero attached hydrogens (tertiary/aromatic N) is 1. The van der Waals surface area contributed by atoms with Gasteiger partial charge in [-0.1, -0.05) is 0 Å². The monoisotopic (exact) mass is 433 g/mol. The van der Waals surface area contributed by atoms with Gasteiger partial charge in [0.1, 0.15) is 23.5 Å². The van der Waals surface area contributed by atoms with Gasteiger partial charge in [-0.05, 0) is 24.3 Å². The van der Waals surface area contributed by atoms with Crippen molar-refractivity contribution < 1.29 is 35.1 Å². The number of fused-ring (bicyclic) bond motifs is 1. The standard InChI is InChI=1S/C17H12F5N3O3S/c18-9-3-8(7-23)4-10(5-9)28-14-2-1-13(25-29(26,27)17(20,21)22)15-11(14)6-12(19)16(15)24/h1-5,12,16,25H,6,24H2. The van der Waals surface area contributed by atoms with Crippen LogP contribution < -0.4 is 15.2 Å². The van der Waals surface area contributed by atoms with Gasteiger partial charge in [0.05, 0.1) is 23.4 Å². The maximum Gasteiger partial charge on any atom is 0.516 e. The molecule has 0 saturated carbocycles. The summed E-state index contributed by atoms with van der Waals surface area (Å²) in [4.78, 5) is 0. The van der Waals surface area contributed by atoms with E-state index in [-0.39, 0.29) is 34.6 Å². The van der Waals surface area contributed by atoms with Crippen molar-refractivity contribution in [1.29, 1.82) is 5.26 Å². The average molecular weight is 433 g/mol. The molecule has 0 radical (unpaired) electrons. The number of nitrogens with two attached hydrogens (primary N) is 1. The van der Waals surface area contributed by atoms with Crippen LogP contribution in [0.5, 0.6) is 11.5 Å². The van der Waals surface area contributed by atoms with Crippen LogP contribution in [0, 0.1) is 17.1 Å². The molecule has 2 aromatic rings. The van der Waals surface area contributed by atoms with E-state index >= 15 is 0 Å². The number of ether oxygens (including phenoxy) is 1. The van der Waals surface area contributed by atoms with Gasteiger partial charge in [-0.25, -0.2) is 8.78 Å². The number of hydrogen-bond acceptors (Lipinski definition) is 5. The normalized spacial score (nSPS) is 18.8. The highest BCUT2D eigenvalue weighted by Gasteiger charge is 2.47. The van der Waals surface area contributed by atoms with Crippen molar-refractivity contribution >= 4 is 15.7 Å². The Balaban J connectivity index is 2.05. The average Bonchev–Trinajstić information content (AvgIpc) is 2.91. The molecule has 0 fully saturated rings. The summed E-state index contributed by atoms with van der Waals surface area (Å²) < 4.78 is 95.5. The smallest absolute Gasteiger partial charge is 0.457 e. The number of halogens is 5. The highest BCUT2D eigenvalue weighted by Crippen LogP contribution is 2.44. The van der Waals surface area contributed by atoms with Crippen LogP contribution in [0.2, 0.25) is 0 Å². The molecule has 0 heterocycles. The van der Waals surface area contributed by atoms with Gasteiger partial charge in [0.15, 0.2) is 0 Å². The summed E-state index contributed by atoms with van der Waals surface area (Å²) >= 11 is 0. The first-order valence-electron chi connectivity index (χ1n) is 7.96. The molecule has 0 amide bonds. The van der Waals surface area contributed by atoms with Crippen LogP contribution >= 0.6 is 0 Å². The van der Waals surface area contributed by atoms with Crippen LogP contribution in [0.25, 0.3) is 0 Å². The molecular formula is C17H12F5N3O3S. The first-order valence-corrected chi connectivity index (χ1v) is 9.44. The summed E-state index contributed by atoms with van der Waals surface area (Å²) in [6.45, 7) is 0. The second kappa shape index (κ2) is 7.16. The molecular weight excluding hydrogens is 421 g/mol. The zero-order chi connectivity index (χ0) is 21.6. The van der Waals surface area contributed by atoms with E-state index in [9.17, 15) is 30.4 Å². The van der Waals surface area contributed by atoms with Gasteiger partial charge in [-0.2, -0.15) is 26.9 Å². The number of benzene rings is 2. The lowest BCUT2D eigenvalue weighted by molar-refractivity contribution is -0.0429. The highest BCUT2D eigenvalue weighted by atomic mass is 32.2. The fraction of sp³-hybridized carbons (Fsp3) is 0.235. The third-order valence-electron chi connectivity index (χ3n) is 4.21. The molecule has 2 aromatic carbocycles. The van der Waals surface area contributed by atoms with Crippen LogP contribution in [0.4, 0.5) is 27.6 Å². The predicted molar refractivity (Wildman–Crippen MR) is 91.8 cm³/mol. The number of sulfonamides is 1. The van der Waals surface area contributed by atoms with E-state index in [2.05, 4.69) is 0 Å². The van der Waals surface area contributed by atoms with Gasteiger partial charge in [0.25, 0.3) is 0 Å². The number of nitrogens with one attached hydrogen (secondary N) is 1. The van der Waals surface area contributed by atoms with Crippen LogP contribution in [0.1, 0.15) is 22.7 Å². The minimum Gasteiger partial charge on any atom is -0.457 e. The van der Waals surface area contributed by atoms with Crippen LogP contribution in [-0.2, 0) is 16.4 Å². The van der Waals surface area contributed by atoms with Crippen molar-refractivity contribution in [2.75, 3.05) is 4.72 Å². The Hall–Kier alpha value is -2.91. The van der Waals surface area contributed by atoms with Crippen molar-refractivity contribution in [3.8, 4) is 17.6 Å². The van der Waals surface area contributed by atoms with Crippen LogP contribution in [0.3, 0.4) is 0 Å². The van der Waals surface area contributed by atoms with Crippen molar-refractivity contribution in [2.24, 2.45) is 5.73 Å². The first-order chi connectivity index (χ1) is 13.4. The molecule has 0 spiro atoms. The van der Waals surface area contributed by atoms with Crippen molar-refractivity contribution in [3.05, 3.63) is 52.8 Å². The lowest BCUT2D eigenvalue weighted by atomic mass is 10.1. The Morgan fingerprint density at radius 3 is 2.55 bits per heavy atom. The number of nitriles is 1. The number of rotatable bonds is 4. The van der Waals surface area contributed by atoms with Gasteiger partial charge in [-0.15, -0.1) is 0 Å². The lowest BCUT2D eigenvalue weighted by Gasteiger charge is -2.18. The Morgan fingerprint density at radius 1 is 1.24 bits per heavy atom. The minimum absolute atomic E-state index is 0.0372. The Morgan fingerprint density at radius 2 is 1.93 bits per heavy atom. The fourth-order valence-electron chi connectivity index (χ4n) is 2.94. The van der Waals surface area contributed by atoms with Crippen molar-refractivity contribution in [2.45, 2.75) is 24.1 Å². The SMILES string of the molecule is N#Cc1cc(F)cc(Oc2ccc(NS(=O)(=O)C(F)(F)F)c3c2CC(F)C3N)c1. The molecule has 0 bridgehead atoms. The molecule has 12 heteroatoms. The molecule has 6 nitrogen and oxygen atoms in total. The summed E-state index contributed by atoms with van der Waals surface area (Å²) in [7, 11) is -5.75. The molecule has 2 unspecified atom stereocenters. The molecule has 3 rings (SSSR count). The zero-order valence-corrected chi connectivity index (χ0v) is 15.1. The van der Waals surface area contributed by atoms with Crippen LogP contribution in [-0.4, -0.2) is 20.1 Å². The molecule has 1 aliphatic rings. The van der Waals surface area contributed by atoms with Gasteiger partial charge < -0.3 is 10.5 Å². The van der Waals surface area contributed by atoms with Gasteiger partial charge >= 0.3 is 15.5 Å². The van der Waals surface area contributed by atoms with Gasteiger partial charge in [-0.3, -0.25) is 4.72 Å². The third-order valence-corrected chi connectivity index (χ3v) is 5.31. The third kappa shape index (κ3) is 3.96. The van der Waals surface area contributed by atoms with E-state index in [4.69, 9.17) is 15.7 Å². The van der Waals surface area contributed by atoms with E-state index < -0.39 is 39.2 Å². The Bertz CT molecular complexity index is 1110. The molecule has 0 aromatic heterocycles. The maximum absolute atomic E-state index is 14.2. The van der Waals surface area contributed by atoms with Crippen molar-refractivity contribution in [1.82, 2.24) is 0 Å². The minimum atomic E-state index is -5.75. The number of hydrogen-bond donors (Lipinski definition) is 2. The van der Waals surface area contributed by atoms with E-state index in [0.29, 0.717) is 0 Å². The molecule has 0 aliphatic heterocycles. The summed E-state index contributed by atoms with van der Waals surface area (Å²) in [5, 5.41) is 8.89. The molecule has 3 N–H and O–H groups in total. The number of alkyl halides is 4. The van der Waals surface area contributed by atoms with E-state index in [1.54, 1.807) is 6.07 Å². The quantitative estimate of drug-likeness (QED) is 0.717. The highest BCUT2D eigenvalue weighted by molar-refractivity contribution is 7.93. The molecule has 29 heavy (non-hydrogen) atoms. The van der Waals surface area contributed by atoms with E-state index in [1.165, 1.54) is 10.8 Å². The largest absolute Gasteiger partial charge is 0.516 e. The van der Waals surface area contributed by atoms with Gasteiger partial charge in [0, 0.05) is 23.6 Å². The maximum atomic E-state index is 14.2. The van der Waals surface area contributed by atoms with E-state index in [0.717, 1.165) is 24.3 Å². The molecule has 2 atom stereocenters. The summed E-state index contributed by atoms with van der Waals surface area (Å²) in [5.74, 6) is -0.936. The van der Waals surface area contributed by atoms with Gasteiger partial charge in [0.2, 0.25) is 0 Å². The topological polar surface area (TPSA) is 105 Å². The first kappa shape index (κ1) is 20.8. The number of anilines is 1. The Kier molecular flexibility index (Phi) is 5.14. The van der Waals surface area contributed by atoms with Crippen molar-refractivity contribution in [3.63, 3.8) is 0 Å². The predicted octanol–water partition coefficient (Wildman–Crippen LogP) is 3.65. The van der Waals surface area contributed by atoms with E-state index in [1.807, 2.05) is 0 Å². The Labute approximate surface area is 161 Å². The van der Waals surface area contributed by atoms with Crippen LogP contribution in [0.15, 0.2) is 30.3 Å². The summed E-state index contributed by atoms with van der Waals surface area (Å²) in [5.41, 5.74) is -0.621. The lowest BCUT2D eigenvalue weighted by Crippen LogP contribution is -2.31. The fourth-order valence-corrected chi connectivity index (χ4v) is 3.52. The second-order valence-electron chi connectivity index (χ2n) is 6.19. The summed E-state index contributed by atoms with van der Waals surface area (Å²) in [6, 6.07) is 5.49. The zero-order valence-electron chi connectivity index (χ0n) is 14.3. The summed E-state index contributed by atoms with van der Waals surface area (Å²) in [6.07, 6.45) is -2.06. The molecule has 0 saturated heterocycles.